The van der Waals surface area contributed by atoms with E-state index in [0.29, 0.717) is 13.0 Å². The molecule has 2 aliphatic rings. The summed E-state index contributed by atoms with van der Waals surface area (Å²) in [7, 11) is 0. The maximum absolute atomic E-state index is 12.8. The van der Waals surface area contributed by atoms with Gasteiger partial charge in [0.15, 0.2) is 0 Å². The second-order valence-corrected chi connectivity index (χ2v) is 6.27. The molecule has 1 unspecified atom stereocenters. The summed E-state index contributed by atoms with van der Waals surface area (Å²) in [5.41, 5.74) is 1.70. The van der Waals surface area contributed by atoms with Crippen molar-refractivity contribution in [2.75, 3.05) is 0 Å². The third-order valence-corrected chi connectivity index (χ3v) is 4.90. The molecule has 2 atom stereocenters. The van der Waals surface area contributed by atoms with E-state index in [4.69, 9.17) is 0 Å². The van der Waals surface area contributed by atoms with Gasteiger partial charge in [-0.1, -0.05) is 60.7 Å². The molecule has 1 saturated carbocycles. The summed E-state index contributed by atoms with van der Waals surface area (Å²) in [5, 5.41) is 0. The van der Waals surface area contributed by atoms with Crippen molar-refractivity contribution in [3.8, 4) is 0 Å². The largest absolute Gasteiger partial charge is 0.278 e. The van der Waals surface area contributed by atoms with Gasteiger partial charge < -0.3 is 0 Å². The highest BCUT2D eigenvalue weighted by atomic mass is 16.2. The highest BCUT2D eigenvalue weighted by Crippen LogP contribution is 2.65. The lowest BCUT2D eigenvalue weighted by molar-refractivity contribution is -0.140. The normalized spacial score (nSPS) is 26.7. The number of carbonyl (C=O) groups excluding carboxylic acids is 2. The number of likely N-dealkylation sites (tertiary alicyclic amines) is 1. The summed E-state index contributed by atoms with van der Waals surface area (Å²) in [4.78, 5) is 26.6. The van der Waals surface area contributed by atoms with E-state index in [1.807, 2.05) is 48.5 Å². The first kappa shape index (κ1) is 13.3. The standard InChI is InChI=1S/C19H17NO2/c21-17-12-19(11-16(19)15-9-5-2-6-10-15)18(22)20(17)13-14-7-3-1-4-8-14/h1-10,16H,11-13H2/t16-,19?/m0/s1. The molecule has 1 aliphatic carbocycles. The van der Waals surface area contributed by atoms with Crippen LogP contribution in [0.15, 0.2) is 60.7 Å². The van der Waals surface area contributed by atoms with E-state index in [1.54, 1.807) is 0 Å². The Morgan fingerprint density at radius 2 is 1.59 bits per heavy atom. The Hall–Kier alpha value is -2.42. The molecule has 1 spiro atoms. The average molecular weight is 291 g/mol. The second kappa shape index (κ2) is 4.80. The highest BCUT2D eigenvalue weighted by molar-refractivity contribution is 6.08. The number of rotatable bonds is 3. The molecule has 1 saturated heterocycles. The number of amides is 2. The van der Waals surface area contributed by atoms with Crippen LogP contribution in [0.25, 0.3) is 0 Å². The molecule has 4 rings (SSSR count). The summed E-state index contributed by atoms with van der Waals surface area (Å²) in [5.74, 6) is 0.174. The molecule has 2 amide bonds. The minimum Gasteiger partial charge on any atom is -0.278 e. The van der Waals surface area contributed by atoms with Crippen molar-refractivity contribution in [3.63, 3.8) is 0 Å². The van der Waals surface area contributed by atoms with Crippen molar-refractivity contribution >= 4 is 11.8 Å². The summed E-state index contributed by atoms with van der Waals surface area (Å²) in [6.07, 6.45) is 1.16. The van der Waals surface area contributed by atoms with Gasteiger partial charge in [0.2, 0.25) is 11.8 Å². The lowest BCUT2D eigenvalue weighted by Gasteiger charge is -2.15. The zero-order valence-electron chi connectivity index (χ0n) is 12.2. The van der Waals surface area contributed by atoms with Crippen molar-refractivity contribution in [2.45, 2.75) is 25.3 Å². The minimum atomic E-state index is -0.465. The van der Waals surface area contributed by atoms with Gasteiger partial charge in [0.25, 0.3) is 0 Å². The Morgan fingerprint density at radius 3 is 2.27 bits per heavy atom. The Morgan fingerprint density at radius 1 is 0.955 bits per heavy atom. The predicted molar refractivity (Wildman–Crippen MR) is 82.8 cm³/mol. The smallest absolute Gasteiger partial charge is 0.236 e. The number of benzene rings is 2. The van der Waals surface area contributed by atoms with E-state index in [1.165, 1.54) is 10.5 Å². The summed E-state index contributed by atoms with van der Waals surface area (Å²) in [6.45, 7) is 0.391. The van der Waals surface area contributed by atoms with Gasteiger partial charge in [-0.2, -0.15) is 0 Å². The van der Waals surface area contributed by atoms with Crippen LogP contribution in [0, 0.1) is 5.41 Å². The van der Waals surface area contributed by atoms with Gasteiger partial charge in [-0.15, -0.1) is 0 Å². The number of carbonyl (C=O) groups is 2. The van der Waals surface area contributed by atoms with Gasteiger partial charge >= 0.3 is 0 Å². The molecular weight excluding hydrogens is 274 g/mol. The van der Waals surface area contributed by atoms with Crippen molar-refractivity contribution < 1.29 is 9.59 Å². The number of nitrogens with zero attached hydrogens (tertiary/aromatic N) is 1. The Kier molecular flexibility index (Phi) is 2.89. The highest BCUT2D eigenvalue weighted by Gasteiger charge is 2.66. The van der Waals surface area contributed by atoms with Crippen LogP contribution in [0.1, 0.15) is 29.9 Å². The van der Waals surface area contributed by atoms with Crippen LogP contribution in [0.2, 0.25) is 0 Å². The Labute approximate surface area is 129 Å². The molecule has 1 aliphatic heterocycles. The molecule has 2 fully saturated rings. The summed E-state index contributed by atoms with van der Waals surface area (Å²) >= 11 is 0. The van der Waals surface area contributed by atoms with Crippen LogP contribution in [-0.4, -0.2) is 16.7 Å². The number of imide groups is 1. The van der Waals surface area contributed by atoms with Gasteiger partial charge in [-0.3, -0.25) is 14.5 Å². The monoisotopic (exact) mass is 291 g/mol. The molecule has 0 bridgehead atoms. The first-order chi connectivity index (χ1) is 10.7. The summed E-state index contributed by atoms with van der Waals surface area (Å²) < 4.78 is 0. The van der Waals surface area contributed by atoms with Crippen molar-refractivity contribution in [1.82, 2.24) is 4.90 Å². The van der Waals surface area contributed by atoms with Crippen molar-refractivity contribution in [3.05, 3.63) is 71.8 Å². The Bertz CT molecular complexity index is 726. The summed E-state index contributed by atoms with van der Waals surface area (Å²) in [6, 6.07) is 19.8. The zero-order valence-corrected chi connectivity index (χ0v) is 12.2. The van der Waals surface area contributed by atoms with E-state index in [0.717, 1.165) is 12.0 Å². The van der Waals surface area contributed by atoms with Crippen LogP contribution >= 0.6 is 0 Å². The molecule has 110 valence electrons. The van der Waals surface area contributed by atoms with Crippen LogP contribution in [-0.2, 0) is 16.1 Å². The SMILES string of the molecule is O=C1CC2(C[C@H]2c2ccccc2)C(=O)N1Cc1ccccc1. The van der Waals surface area contributed by atoms with Gasteiger partial charge in [0, 0.05) is 6.42 Å². The molecule has 0 aromatic heterocycles. The maximum Gasteiger partial charge on any atom is 0.236 e. The van der Waals surface area contributed by atoms with Crippen LogP contribution in [0.5, 0.6) is 0 Å². The molecule has 2 aromatic carbocycles. The lowest BCUT2D eigenvalue weighted by Crippen LogP contribution is -2.30. The number of hydrogen-bond donors (Lipinski definition) is 0. The van der Waals surface area contributed by atoms with Gasteiger partial charge in [0.1, 0.15) is 0 Å². The lowest BCUT2D eigenvalue weighted by atomic mass is 9.97. The van der Waals surface area contributed by atoms with Crippen LogP contribution in [0.4, 0.5) is 0 Å². The predicted octanol–water partition coefficient (Wildman–Crippen LogP) is 3.12. The fourth-order valence-electron chi connectivity index (χ4n) is 3.61. The van der Waals surface area contributed by atoms with Gasteiger partial charge in [0.05, 0.1) is 12.0 Å². The van der Waals surface area contributed by atoms with Crippen molar-refractivity contribution in [2.24, 2.45) is 5.41 Å². The molecule has 0 radical (unpaired) electrons. The molecule has 22 heavy (non-hydrogen) atoms. The minimum absolute atomic E-state index is 0.00945. The van der Waals surface area contributed by atoms with E-state index < -0.39 is 5.41 Å². The Balaban J connectivity index is 1.56. The number of hydrogen-bond acceptors (Lipinski definition) is 2. The third-order valence-electron chi connectivity index (χ3n) is 4.90. The average Bonchev–Trinajstić information content (AvgIpc) is 3.23. The van der Waals surface area contributed by atoms with E-state index in [2.05, 4.69) is 12.1 Å². The van der Waals surface area contributed by atoms with Crippen molar-refractivity contribution in [1.29, 1.82) is 0 Å². The van der Waals surface area contributed by atoms with Crippen LogP contribution in [0.3, 0.4) is 0 Å². The third kappa shape index (κ3) is 1.97. The fourth-order valence-corrected chi connectivity index (χ4v) is 3.61. The maximum atomic E-state index is 12.8. The van der Waals surface area contributed by atoms with Gasteiger partial charge in [-0.25, -0.2) is 0 Å². The quantitative estimate of drug-likeness (QED) is 0.815. The molecule has 2 aromatic rings. The molecular formula is C19H17NO2. The topological polar surface area (TPSA) is 37.4 Å². The molecule has 1 heterocycles. The van der Waals surface area contributed by atoms with E-state index in [-0.39, 0.29) is 17.7 Å². The molecule has 3 nitrogen and oxygen atoms in total. The van der Waals surface area contributed by atoms with Gasteiger partial charge in [-0.05, 0) is 23.5 Å². The first-order valence-electron chi connectivity index (χ1n) is 7.64. The van der Waals surface area contributed by atoms with E-state index in [9.17, 15) is 9.59 Å². The molecule has 3 heteroatoms. The van der Waals surface area contributed by atoms with Crippen LogP contribution < -0.4 is 0 Å². The fraction of sp³-hybridized carbons (Fsp3) is 0.263. The van der Waals surface area contributed by atoms with E-state index >= 15 is 0 Å². The second-order valence-electron chi connectivity index (χ2n) is 6.27. The molecule has 0 N–H and O–H groups in total. The zero-order chi connectivity index (χ0) is 15.2. The first-order valence-corrected chi connectivity index (χ1v) is 7.64.